The number of carbonyl (C=O) groups is 3. The van der Waals surface area contributed by atoms with Crippen LogP contribution in [0, 0.1) is 28.6 Å². The molecular formula is C18H22O3. The summed E-state index contributed by atoms with van der Waals surface area (Å²) in [5.41, 5.74) is -1.94. The van der Waals surface area contributed by atoms with E-state index in [-0.39, 0.29) is 28.8 Å². The van der Waals surface area contributed by atoms with Gasteiger partial charge in [0, 0.05) is 0 Å². The summed E-state index contributed by atoms with van der Waals surface area (Å²) in [7, 11) is 0. The molecule has 2 fully saturated rings. The fraction of sp³-hybridized carbons (Fsp3) is 0.611. The van der Waals surface area contributed by atoms with Gasteiger partial charge in [-0.2, -0.15) is 0 Å². The highest BCUT2D eigenvalue weighted by atomic mass is 16.2. The van der Waals surface area contributed by atoms with Gasteiger partial charge in [-0.25, -0.2) is 0 Å². The molecule has 0 saturated heterocycles. The Bertz CT molecular complexity index is 572. The maximum Gasteiger partial charge on any atom is 0.179 e. The molecule has 0 radical (unpaired) electrons. The first-order valence-electron chi connectivity index (χ1n) is 7.70. The van der Waals surface area contributed by atoms with Gasteiger partial charge in [0.25, 0.3) is 0 Å². The van der Waals surface area contributed by atoms with E-state index in [2.05, 4.69) is 12.2 Å². The number of hydrogen-bond donors (Lipinski definition) is 0. The van der Waals surface area contributed by atoms with E-state index in [1.165, 1.54) is 0 Å². The zero-order valence-electron chi connectivity index (χ0n) is 13.1. The summed E-state index contributed by atoms with van der Waals surface area (Å²) in [4.78, 5) is 37.7. The van der Waals surface area contributed by atoms with Crippen LogP contribution in [0.3, 0.4) is 0 Å². The third kappa shape index (κ3) is 1.90. The fourth-order valence-electron chi connectivity index (χ4n) is 4.14. The molecule has 0 unspecified atom stereocenters. The van der Waals surface area contributed by atoms with Crippen LogP contribution < -0.4 is 0 Å². The summed E-state index contributed by atoms with van der Waals surface area (Å²) in [6.07, 6.45) is 8.45. The van der Waals surface area contributed by atoms with E-state index in [1.54, 1.807) is 27.7 Å². The second-order valence-corrected chi connectivity index (χ2v) is 7.76. The Kier molecular flexibility index (Phi) is 2.92. The van der Waals surface area contributed by atoms with E-state index in [0.29, 0.717) is 11.8 Å². The number of carbonyl (C=O) groups excluding carboxylic acids is 3. The molecule has 0 heterocycles. The predicted octanol–water partition coefficient (Wildman–Crippen LogP) is 2.90. The monoisotopic (exact) mass is 286 g/mol. The molecule has 0 amide bonds. The minimum atomic E-state index is -1.10. The van der Waals surface area contributed by atoms with Crippen LogP contribution in [-0.2, 0) is 14.4 Å². The molecule has 112 valence electrons. The van der Waals surface area contributed by atoms with Crippen molar-refractivity contribution in [1.29, 1.82) is 0 Å². The normalized spacial score (nSPS) is 36.5. The third-order valence-corrected chi connectivity index (χ3v) is 5.47. The fourth-order valence-corrected chi connectivity index (χ4v) is 4.14. The Balaban J connectivity index is 2.01. The molecule has 0 aromatic rings. The third-order valence-electron chi connectivity index (χ3n) is 5.47. The number of hydrogen-bond acceptors (Lipinski definition) is 3. The average Bonchev–Trinajstić information content (AvgIpc) is 3.03. The van der Waals surface area contributed by atoms with Gasteiger partial charge in [-0.1, -0.05) is 18.2 Å². The van der Waals surface area contributed by atoms with Gasteiger partial charge in [-0.05, 0) is 58.3 Å². The number of rotatable bonds is 1. The van der Waals surface area contributed by atoms with Crippen LogP contribution in [0.5, 0.6) is 0 Å². The number of fused-ring (bicyclic) bond motifs is 2. The summed E-state index contributed by atoms with van der Waals surface area (Å²) < 4.78 is 0. The molecule has 0 N–H and O–H groups in total. The molecule has 2 bridgehead atoms. The molecule has 3 aliphatic rings. The van der Waals surface area contributed by atoms with E-state index >= 15 is 0 Å². The van der Waals surface area contributed by atoms with Gasteiger partial charge in [0.1, 0.15) is 0 Å². The summed E-state index contributed by atoms with van der Waals surface area (Å²) in [5.74, 6) is 0.435. The quantitative estimate of drug-likeness (QED) is 0.322. The van der Waals surface area contributed by atoms with Crippen molar-refractivity contribution < 1.29 is 14.4 Å². The number of Topliss-reactive ketones (excluding diaryl/α,β-unsaturated/α-hetero) is 3. The van der Waals surface area contributed by atoms with E-state index in [1.807, 2.05) is 6.08 Å². The van der Waals surface area contributed by atoms with Crippen molar-refractivity contribution in [3.63, 3.8) is 0 Å². The number of ketones is 3. The van der Waals surface area contributed by atoms with Gasteiger partial charge in [-0.3, -0.25) is 14.4 Å². The Morgan fingerprint density at radius 2 is 1.52 bits per heavy atom. The molecule has 3 atom stereocenters. The minimum absolute atomic E-state index is 0.260. The largest absolute Gasteiger partial charge is 0.297 e. The molecule has 2 saturated carbocycles. The Hall–Kier alpha value is -1.51. The van der Waals surface area contributed by atoms with Crippen molar-refractivity contribution in [2.24, 2.45) is 28.6 Å². The first-order chi connectivity index (χ1) is 9.65. The topological polar surface area (TPSA) is 51.2 Å². The average molecular weight is 286 g/mol. The zero-order valence-corrected chi connectivity index (χ0v) is 13.1. The van der Waals surface area contributed by atoms with E-state index in [4.69, 9.17) is 0 Å². The van der Waals surface area contributed by atoms with Gasteiger partial charge in [0.15, 0.2) is 17.3 Å². The van der Waals surface area contributed by atoms with Crippen LogP contribution in [0.15, 0.2) is 23.8 Å². The van der Waals surface area contributed by atoms with Crippen molar-refractivity contribution in [3.8, 4) is 0 Å². The van der Waals surface area contributed by atoms with Gasteiger partial charge < -0.3 is 0 Å². The van der Waals surface area contributed by atoms with Crippen LogP contribution in [0.1, 0.15) is 40.5 Å². The summed E-state index contributed by atoms with van der Waals surface area (Å²) >= 11 is 0. The lowest BCUT2D eigenvalue weighted by molar-refractivity contribution is -0.151. The van der Waals surface area contributed by atoms with E-state index < -0.39 is 10.8 Å². The van der Waals surface area contributed by atoms with Gasteiger partial charge in [0.05, 0.1) is 16.4 Å². The van der Waals surface area contributed by atoms with Crippen LogP contribution in [0.2, 0.25) is 0 Å². The lowest BCUT2D eigenvalue weighted by atomic mass is 9.60. The second-order valence-electron chi connectivity index (χ2n) is 7.76. The molecule has 0 aromatic carbocycles. The molecule has 0 aliphatic heterocycles. The minimum Gasteiger partial charge on any atom is -0.297 e. The maximum atomic E-state index is 12.6. The molecule has 21 heavy (non-hydrogen) atoms. The van der Waals surface area contributed by atoms with Crippen molar-refractivity contribution in [1.82, 2.24) is 0 Å². The second kappa shape index (κ2) is 4.25. The summed E-state index contributed by atoms with van der Waals surface area (Å²) in [5, 5.41) is 0. The molecule has 3 aliphatic carbocycles. The van der Waals surface area contributed by atoms with Gasteiger partial charge in [-0.15, -0.1) is 0 Å². The van der Waals surface area contributed by atoms with Gasteiger partial charge >= 0.3 is 0 Å². The SMILES string of the molecule is CC1(C)C(=O)C(=C[C@H]2C[C@@H]3C=C[C@H]2C3)C(=O)C(C)(C)C1=O. The highest BCUT2D eigenvalue weighted by molar-refractivity contribution is 6.38. The molecule has 3 nitrogen and oxygen atoms in total. The van der Waals surface area contributed by atoms with Crippen LogP contribution in [0.25, 0.3) is 0 Å². The van der Waals surface area contributed by atoms with Crippen molar-refractivity contribution in [2.75, 3.05) is 0 Å². The Morgan fingerprint density at radius 3 is 1.95 bits per heavy atom. The Morgan fingerprint density at radius 1 is 0.952 bits per heavy atom. The molecule has 3 rings (SSSR count). The standard InChI is InChI=1S/C18H22O3/c1-17(2)14(19)13(15(20)18(3,4)16(17)21)9-12-8-10-5-6-11(12)7-10/h5-6,9-12H,7-8H2,1-4H3/t10-,11+,12-/m1/s1. The molecule has 3 heteroatoms. The van der Waals surface area contributed by atoms with Crippen molar-refractivity contribution in [2.45, 2.75) is 40.5 Å². The first kappa shape index (κ1) is 14.4. The molecule has 0 spiro atoms. The van der Waals surface area contributed by atoms with Crippen LogP contribution in [-0.4, -0.2) is 17.3 Å². The zero-order chi connectivity index (χ0) is 15.6. The van der Waals surface area contributed by atoms with Crippen molar-refractivity contribution >= 4 is 17.3 Å². The smallest absolute Gasteiger partial charge is 0.179 e. The first-order valence-corrected chi connectivity index (χ1v) is 7.70. The highest BCUT2D eigenvalue weighted by Gasteiger charge is 2.55. The molecule has 0 aromatic heterocycles. The summed E-state index contributed by atoms with van der Waals surface area (Å²) in [6, 6.07) is 0. The van der Waals surface area contributed by atoms with E-state index in [9.17, 15) is 14.4 Å². The maximum absolute atomic E-state index is 12.6. The van der Waals surface area contributed by atoms with Crippen LogP contribution >= 0.6 is 0 Å². The lowest BCUT2D eigenvalue weighted by Crippen LogP contribution is -2.53. The van der Waals surface area contributed by atoms with Crippen molar-refractivity contribution in [3.05, 3.63) is 23.8 Å². The van der Waals surface area contributed by atoms with E-state index in [0.717, 1.165) is 12.8 Å². The highest BCUT2D eigenvalue weighted by Crippen LogP contribution is 2.46. The molecular weight excluding hydrogens is 264 g/mol. The Labute approximate surface area is 125 Å². The number of allylic oxidation sites excluding steroid dienone is 4. The summed E-state index contributed by atoms with van der Waals surface area (Å²) in [6.45, 7) is 6.56. The lowest BCUT2D eigenvalue weighted by Gasteiger charge is -2.38. The predicted molar refractivity (Wildman–Crippen MR) is 79.5 cm³/mol. The van der Waals surface area contributed by atoms with Crippen LogP contribution in [0.4, 0.5) is 0 Å². The van der Waals surface area contributed by atoms with Gasteiger partial charge in [0.2, 0.25) is 0 Å².